The zero-order valence-corrected chi connectivity index (χ0v) is 18.4. The molecule has 1 aliphatic rings. The topological polar surface area (TPSA) is 84.5 Å². The zero-order valence-electron chi connectivity index (χ0n) is 17.6. The van der Waals surface area contributed by atoms with E-state index in [4.69, 9.17) is 4.74 Å². The van der Waals surface area contributed by atoms with Crippen LogP contribution in [-0.2, 0) is 14.8 Å². The van der Waals surface area contributed by atoms with Crippen molar-refractivity contribution in [3.63, 3.8) is 0 Å². The average Bonchev–Trinajstić information content (AvgIpc) is 3.36. The highest BCUT2D eigenvalue weighted by molar-refractivity contribution is 7.89. The van der Waals surface area contributed by atoms with Crippen LogP contribution >= 0.6 is 0 Å². The lowest BCUT2D eigenvalue weighted by atomic mass is 9.98. The fourth-order valence-electron chi connectivity index (χ4n) is 3.74. The third-order valence-corrected chi connectivity index (χ3v) is 6.93. The molecule has 0 bridgehead atoms. The SMILES string of the molecule is O=C(NC(c1ccccc1)c1ccccc1)c1ccc(S(=O)(=O)NCC2CCCO2)cc1. The molecule has 166 valence electrons. The van der Waals surface area contributed by atoms with Crippen molar-refractivity contribution < 1.29 is 17.9 Å². The van der Waals surface area contributed by atoms with E-state index in [1.807, 2.05) is 60.7 Å². The van der Waals surface area contributed by atoms with Crippen LogP contribution < -0.4 is 10.0 Å². The largest absolute Gasteiger partial charge is 0.377 e. The van der Waals surface area contributed by atoms with Crippen LogP contribution in [0.15, 0.2) is 89.8 Å². The first-order valence-electron chi connectivity index (χ1n) is 10.6. The molecular formula is C25H26N2O4S. The predicted octanol–water partition coefficient (Wildman–Crippen LogP) is 3.66. The fraction of sp³-hybridized carbons (Fsp3) is 0.240. The van der Waals surface area contributed by atoms with Crippen LogP contribution in [-0.4, -0.2) is 33.6 Å². The van der Waals surface area contributed by atoms with Gasteiger partial charge < -0.3 is 10.1 Å². The maximum atomic E-state index is 13.0. The lowest BCUT2D eigenvalue weighted by Crippen LogP contribution is -2.32. The van der Waals surface area contributed by atoms with Crippen molar-refractivity contribution in [3.8, 4) is 0 Å². The summed E-state index contributed by atoms with van der Waals surface area (Å²) in [6, 6.07) is 25.1. The maximum absolute atomic E-state index is 13.0. The molecule has 1 saturated heterocycles. The van der Waals surface area contributed by atoms with Gasteiger partial charge in [0.2, 0.25) is 10.0 Å². The number of sulfonamides is 1. The molecule has 6 nitrogen and oxygen atoms in total. The second-order valence-electron chi connectivity index (χ2n) is 7.74. The Labute approximate surface area is 188 Å². The molecule has 3 aromatic carbocycles. The molecule has 1 atom stereocenters. The number of amides is 1. The number of ether oxygens (including phenoxy) is 1. The van der Waals surface area contributed by atoms with Crippen LogP contribution in [0.25, 0.3) is 0 Å². The molecule has 0 radical (unpaired) electrons. The Hall–Kier alpha value is -3.00. The van der Waals surface area contributed by atoms with Crippen molar-refractivity contribution in [2.75, 3.05) is 13.2 Å². The number of nitrogens with one attached hydrogen (secondary N) is 2. The van der Waals surface area contributed by atoms with Crippen molar-refractivity contribution in [3.05, 3.63) is 102 Å². The smallest absolute Gasteiger partial charge is 0.252 e. The van der Waals surface area contributed by atoms with Gasteiger partial charge in [-0.1, -0.05) is 60.7 Å². The van der Waals surface area contributed by atoms with Gasteiger partial charge in [-0.05, 0) is 48.2 Å². The molecule has 1 aliphatic heterocycles. The van der Waals surface area contributed by atoms with E-state index in [-0.39, 0.29) is 29.5 Å². The van der Waals surface area contributed by atoms with E-state index < -0.39 is 10.0 Å². The van der Waals surface area contributed by atoms with E-state index in [0.717, 1.165) is 24.0 Å². The van der Waals surface area contributed by atoms with Crippen molar-refractivity contribution in [1.29, 1.82) is 0 Å². The number of hydrogen-bond donors (Lipinski definition) is 2. The number of rotatable bonds is 8. The van der Waals surface area contributed by atoms with Crippen LogP contribution in [0.5, 0.6) is 0 Å². The molecule has 1 unspecified atom stereocenters. The zero-order chi connectivity index (χ0) is 22.4. The van der Waals surface area contributed by atoms with Crippen molar-refractivity contribution >= 4 is 15.9 Å². The Morgan fingerprint density at radius 3 is 2.03 bits per heavy atom. The number of carbonyl (C=O) groups is 1. The third kappa shape index (κ3) is 5.43. The van der Waals surface area contributed by atoms with Crippen molar-refractivity contribution in [2.24, 2.45) is 0 Å². The van der Waals surface area contributed by atoms with Gasteiger partial charge in [0.05, 0.1) is 17.0 Å². The summed E-state index contributed by atoms with van der Waals surface area (Å²) in [5, 5.41) is 3.07. The molecule has 1 amide bonds. The summed E-state index contributed by atoms with van der Waals surface area (Å²) in [6.45, 7) is 0.920. The Bertz CT molecular complexity index is 1090. The van der Waals surface area contributed by atoms with Gasteiger partial charge in [0.1, 0.15) is 0 Å². The summed E-state index contributed by atoms with van der Waals surface area (Å²) < 4.78 is 33.2. The molecule has 0 aromatic heterocycles. The maximum Gasteiger partial charge on any atom is 0.252 e. The standard InChI is InChI=1S/C25H26N2O4S/c28-25(27-24(19-8-3-1-4-9-19)20-10-5-2-6-11-20)21-13-15-23(16-14-21)32(29,30)26-18-22-12-7-17-31-22/h1-6,8-11,13-16,22,24,26H,7,12,17-18H2,(H,27,28). The van der Waals surface area contributed by atoms with Crippen molar-refractivity contribution in [2.45, 2.75) is 29.9 Å². The van der Waals surface area contributed by atoms with Crippen molar-refractivity contribution in [1.82, 2.24) is 10.0 Å². The summed E-state index contributed by atoms with van der Waals surface area (Å²) >= 11 is 0. The van der Waals surface area contributed by atoms with Crippen LogP contribution in [0.4, 0.5) is 0 Å². The van der Waals surface area contributed by atoms with Gasteiger partial charge in [0.15, 0.2) is 0 Å². The molecule has 32 heavy (non-hydrogen) atoms. The Balaban J connectivity index is 1.47. The summed E-state index contributed by atoms with van der Waals surface area (Å²) in [7, 11) is -3.66. The Kier molecular flexibility index (Phi) is 6.99. The van der Waals surface area contributed by atoms with Gasteiger partial charge in [-0.3, -0.25) is 4.79 Å². The number of carbonyl (C=O) groups excluding carboxylic acids is 1. The van der Waals surface area contributed by atoms with E-state index in [0.29, 0.717) is 12.2 Å². The Morgan fingerprint density at radius 1 is 0.906 bits per heavy atom. The molecule has 7 heteroatoms. The lowest BCUT2D eigenvalue weighted by Gasteiger charge is -2.20. The lowest BCUT2D eigenvalue weighted by molar-refractivity contribution is 0.0943. The summed E-state index contributed by atoms with van der Waals surface area (Å²) in [6.07, 6.45) is 1.72. The van der Waals surface area contributed by atoms with Gasteiger partial charge in [-0.2, -0.15) is 0 Å². The molecular weight excluding hydrogens is 424 g/mol. The minimum Gasteiger partial charge on any atom is -0.377 e. The molecule has 3 aromatic rings. The predicted molar refractivity (Wildman–Crippen MR) is 123 cm³/mol. The average molecular weight is 451 g/mol. The Morgan fingerprint density at radius 2 is 1.50 bits per heavy atom. The van der Waals surface area contributed by atoms with Crippen LogP contribution in [0.3, 0.4) is 0 Å². The molecule has 0 spiro atoms. The van der Waals surface area contributed by atoms with Gasteiger partial charge >= 0.3 is 0 Å². The van der Waals surface area contributed by atoms with Gasteiger partial charge in [-0.15, -0.1) is 0 Å². The van der Waals surface area contributed by atoms with Gasteiger partial charge in [0, 0.05) is 18.7 Å². The monoisotopic (exact) mass is 450 g/mol. The van der Waals surface area contributed by atoms with Crippen LogP contribution in [0.1, 0.15) is 40.4 Å². The van der Waals surface area contributed by atoms with Crippen LogP contribution in [0.2, 0.25) is 0 Å². The molecule has 4 rings (SSSR count). The molecule has 0 aliphatic carbocycles. The quantitative estimate of drug-likeness (QED) is 0.549. The number of benzene rings is 3. The normalized spacial score (nSPS) is 16.2. The highest BCUT2D eigenvalue weighted by atomic mass is 32.2. The first-order valence-corrected chi connectivity index (χ1v) is 12.1. The molecule has 2 N–H and O–H groups in total. The highest BCUT2D eigenvalue weighted by Crippen LogP contribution is 2.22. The third-order valence-electron chi connectivity index (χ3n) is 5.49. The van der Waals surface area contributed by atoms with E-state index >= 15 is 0 Å². The second-order valence-corrected chi connectivity index (χ2v) is 9.51. The molecule has 1 fully saturated rings. The van der Waals surface area contributed by atoms with E-state index in [1.165, 1.54) is 24.3 Å². The van der Waals surface area contributed by atoms with E-state index in [2.05, 4.69) is 10.0 Å². The van der Waals surface area contributed by atoms with Gasteiger partial charge in [0.25, 0.3) is 5.91 Å². The first-order chi connectivity index (χ1) is 15.5. The first kappa shape index (κ1) is 22.2. The van der Waals surface area contributed by atoms with E-state index in [9.17, 15) is 13.2 Å². The molecule has 0 saturated carbocycles. The van der Waals surface area contributed by atoms with Crippen LogP contribution in [0, 0.1) is 0 Å². The minimum absolute atomic E-state index is 0.0808. The highest BCUT2D eigenvalue weighted by Gasteiger charge is 2.21. The fourth-order valence-corrected chi connectivity index (χ4v) is 4.81. The number of hydrogen-bond acceptors (Lipinski definition) is 4. The van der Waals surface area contributed by atoms with Gasteiger partial charge in [-0.25, -0.2) is 13.1 Å². The van der Waals surface area contributed by atoms with E-state index in [1.54, 1.807) is 0 Å². The minimum atomic E-state index is -3.66. The second kappa shape index (κ2) is 10.1. The summed E-state index contributed by atoms with van der Waals surface area (Å²) in [4.78, 5) is 13.1. The summed E-state index contributed by atoms with van der Waals surface area (Å²) in [5.74, 6) is -0.279. The molecule has 1 heterocycles. The summed E-state index contributed by atoms with van der Waals surface area (Å²) in [5.41, 5.74) is 2.31.